The second kappa shape index (κ2) is 6.53. The summed E-state index contributed by atoms with van der Waals surface area (Å²) in [5.74, 6) is 0. The molecule has 0 aliphatic heterocycles. The first-order valence-corrected chi connectivity index (χ1v) is 6.33. The Morgan fingerprint density at radius 1 is 1.05 bits per heavy atom. The number of hydrogen-bond acceptors (Lipinski definition) is 3. The van der Waals surface area contributed by atoms with Gasteiger partial charge in [0.15, 0.2) is 5.11 Å². The molecule has 4 N–H and O–H groups in total. The van der Waals surface area contributed by atoms with Crippen LogP contribution in [0.25, 0.3) is 0 Å². The molecule has 0 aliphatic carbocycles. The van der Waals surface area contributed by atoms with E-state index in [-0.39, 0.29) is 5.11 Å². The van der Waals surface area contributed by atoms with E-state index in [0.717, 1.165) is 17.1 Å². The Labute approximate surface area is 122 Å². The highest BCUT2D eigenvalue weighted by atomic mass is 32.1. The third-order valence-corrected chi connectivity index (χ3v) is 2.82. The Balaban J connectivity index is 2.26. The van der Waals surface area contributed by atoms with Crippen LogP contribution in [-0.4, -0.2) is 11.5 Å². The van der Waals surface area contributed by atoms with Crippen LogP contribution in [0.1, 0.15) is 0 Å². The molecular weight excluding hydrogens is 272 g/mol. The maximum Gasteiger partial charge on any atom is 0.225 e. The predicted octanol–water partition coefficient (Wildman–Crippen LogP) is 2.14. The quantitative estimate of drug-likeness (QED) is 0.446. The number of para-hydroxylation sites is 1. The summed E-state index contributed by atoms with van der Waals surface area (Å²) in [7, 11) is 0. The number of hydrogen-bond donors (Lipinski definition) is 3. The third kappa shape index (κ3) is 3.24. The SMILES string of the molecule is NC(=S)N(c1ccccc1)c1ccc(NNC=O)cc1. The van der Waals surface area contributed by atoms with Crippen LogP contribution in [0.3, 0.4) is 0 Å². The number of benzene rings is 2. The number of nitrogens with one attached hydrogen (secondary N) is 2. The lowest BCUT2D eigenvalue weighted by Crippen LogP contribution is -2.31. The average Bonchev–Trinajstić information content (AvgIpc) is 2.47. The Morgan fingerprint density at radius 3 is 2.20 bits per heavy atom. The molecule has 6 heteroatoms. The van der Waals surface area contributed by atoms with Crippen molar-refractivity contribution in [1.29, 1.82) is 0 Å². The molecule has 2 rings (SSSR count). The molecule has 5 nitrogen and oxygen atoms in total. The van der Waals surface area contributed by atoms with Gasteiger partial charge in [0.05, 0.1) is 5.69 Å². The lowest BCUT2D eigenvalue weighted by molar-refractivity contribution is -0.109. The second-order valence-electron chi connectivity index (χ2n) is 3.94. The van der Waals surface area contributed by atoms with Gasteiger partial charge in [-0.05, 0) is 48.6 Å². The number of thiocarbonyl (C=S) groups is 1. The normalized spacial score (nSPS) is 9.60. The number of carbonyl (C=O) groups excluding carboxylic acids is 1. The van der Waals surface area contributed by atoms with Crippen LogP contribution in [0.2, 0.25) is 0 Å². The van der Waals surface area contributed by atoms with Crippen molar-refractivity contribution in [3.05, 3.63) is 54.6 Å². The molecule has 20 heavy (non-hydrogen) atoms. The van der Waals surface area contributed by atoms with Crippen molar-refractivity contribution in [3.63, 3.8) is 0 Å². The molecule has 0 spiro atoms. The molecular formula is C14H14N4OS. The highest BCUT2D eigenvalue weighted by Crippen LogP contribution is 2.26. The van der Waals surface area contributed by atoms with Crippen molar-refractivity contribution >= 4 is 40.8 Å². The molecule has 2 aromatic carbocycles. The van der Waals surface area contributed by atoms with Gasteiger partial charge >= 0.3 is 0 Å². The van der Waals surface area contributed by atoms with Gasteiger partial charge in [0.25, 0.3) is 0 Å². The molecule has 0 saturated heterocycles. The molecule has 102 valence electrons. The average molecular weight is 286 g/mol. The van der Waals surface area contributed by atoms with Gasteiger partial charge in [0, 0.05) is 11.4 Å². The Hall–Kier alpha value is -2.60. The zero-order valence-electron chi connectivity index (χ0n) is 10.6. The van der Waals surface area contributed by atoms with E-state index in [0.29, 0.717) is 6.41 Å². The van der Waals surface area contributed by atoms with Gasteiger partial charge in [0.1, 0.15) is 0 Å². The number of hydrazine groups is 1. The molecule has 0 fully saturated rings. The molecule has 0 unspecified atom stereocenters. The minimum absolute atomic E-state index is 0.267. The summed E-state index contributed by atoms with van der Waals surface area (Å²) in [4.78, 5) is 12.0. The summed E-state index contributed by atoms with van der Waals surface area (Å²) in [6.45, 7) is 0. The van der Waals surface area contributed by atoms with Crippen molar-refractivity contribution in [2.24, 2.45) is 5.73 Å². The van der Waals surface area contributed by atoms with E-state index in [1.165, 1.54) is 0 Å². The van der Waals surface area contributed by atoms with E-state index < -0.39 is 0 Å². The van der Waals surface area contributed by atoms with Crippen molar-refractivity contribution < 1.29 is 4.79 Å². The first-order chi connectivity index (χ1) is 9.72. The Kier molecular flexibility index (Phi) is 4.52. The van der Waals surface area contributed by atoms with E-state index >= 15 is 0 Å². The topological polar surface area (TPSA) is 70.4 Å². The maximum atomic E-state index is 10.2. The minimum Gasteiger partial charge on any atom is -0.376 e. The number of carbonyl (C=O) groups is 1. The number of rotatable bonds is 5. The minimum atomic E-state index is 0.267. The largest absolute Gasteiger partial charge is 0.376 e. The van der Waals surface area contributed by atoms with E-state index in [9.17, 15) is 4.79 Å². The van der Waals surface area contributed by atoms with E-state index in [1.54, 1.807) is 4.90 Å². The molecule has 0 radical (unpaired) electrons. The van der Waals surface area contributed by atoms with Crippen LogP contribution in [0, 0.1) is 0 Å². The van der Waals surface area contributed by atoms with E-state index in [1.807, 2.05) is 54.6 Å². The summed E-state index contributed by atoms with van der Waals surface area (Å²) >= 11 is 5.11. The third-order valence-electron chi connectivity index (χ3n) is 2.64. The molecule has 0 heterocycles. The van der Waals surface area contributed by atoms with Crippen LogP contribution < -0.4 is 21.5 Å². The smallest absolute Gasteiger partial charge is 0.225 e. The molecule has 1 amide bonds. The van der Waals surface area contributed by atoms with Crippen LogP contribution in [0.4, 0.5) is 17.1 Å². The summed E-state index contributed by atoms with van der Waals surface area (Å²) < 4.78 is 0. The number of anilines is 3. The zero-order valence-corrected chi connectivity index (χ0v) is 11.4. The zero-order chi connectivity index (χ0) is 14.4. The highest BCUT2D eigenvalue weighted by molar-refractivity contribution is 7.80. The van der Waals surface area contributed by atoms with Gasteiger partial charge in [-0.25, -0.2) is 0 Å². The first-order valence-electron chi connectivity index (χ1n) is 5.92. The fourth-order valence-electron chi connectivity index (χ4n) is 1.79. The van der Waals surface area contributed by atoms with Gasteiger partial charge in [-0.15, -0.1) is 0 Å². The molecule has 2 aromatic rings. The van der Waals surface area contributed by atoms with Gasteiger partial charge < -0.3 is 5.73 Å². The van der Waals surface area contributed by atoms with Crippen LogP contribution in [0.15, 0.2) is 54.6 Å². The number of nitrogens with zero attached hydrogens (tertiary/aromatic N) is 1. The predicted molar refractivity (Wildman–Crippen MR) is 84.6 cm³/mol. The highest BCUT2D eigenvalue weighted by Gasteiger charge is 2.11. The molecule has 0 aromatic heterocycles. The standard InChI is InChI=1S/C14H14N4OS/c15-14(20)18(12-4-2-1-3-5-12)13-8-6-11(7-9-13)17-16-10-19/h1-10,17H,(H2,15,20)(H,16,19). The Bertz CT molecular complexity index is 586. The molecule has 0 atom stereocenters. The monoisotopic (exact) mass is 286 g/mol. The number of nitrogens with two attached hydrogens (primary N) is 1. The van der Waals surface area contributed by atoms with Crippen molar-refractivity contribution in [3.8, 4) is 0 Å². The van der Waals surface area contributed by atoms with Crippen LogP contribution >= 0.6 is 12.2 Å². The van der Waals surface area contributed by atoms with E-state index in [4.69, 9.17) is 18.0 Å². The van der Waals surface area contributed by atoms with E-state index in [2.05, 4.69) is 10.9 Å². The first kappa shape index (κ1) is 13.8. The van der Waals surface area contributed by atoms with Crippen molar-refractivity contribution in [2.45, 2.75) is 0 Å². The lowest BCUT2D eigenvalue weighted by atomic mass is 10.2. The maximum absolute atomic E-state index is 10.2. The van der Waals surface area contributed by atoms with Gasteiger partial charge in [-0.1, -0.05) is 18.2 Å². The summed E-state index contributed by atoms with van der Waals surface area (Å²) in [6.07, 6.45) is 0.569. The van der Waals surface area contributed by atoms with Gasteiger partial charge in [-0.3, -0.25) is 20.5 Å². The summed E-state index contributed by atoms with van der Waals surface area (Å²) in [6, 6.07) is 17.0. The van der Waals surface area contributed by atoms with Gasteiger partial charge in [-0.2, -0.15) is 0 Å². The van der Waals surface area contributed by atoms with Gasteiger partial charge in [0.2, 0.25) is 6.41 Å². The van der Waals surface area contributed by atoms with Crippen LogP contribution in [0.5, 0.6) is 0 Å². The summed E-state index contributed by atoms with van der Waals surface area (Å²) in [5.41, 5.74) is 13.4. The summed E-state index contributed by atoms with van der Waals surface area (Å²) in [5, 5.41) is 0.267. The fraction of sp³-hybridized carbons (Fsp3) is 0. The lowest BCUT2D eigenvalue weighted by Gasteiger charge is -2.23. The van der Waals surface area contributed by atoms with Crippen LogP contribution in [-0.2, 0) is 4.79 Å². The fourth-order valence-corrected chi connectivity index (χ4v) is 2.00. The molecule has 0 saturated carbocycles. The number of amides is 1. The van der Waals surface area contributed by atoms with Crippen molar-refractivity contribution in [1.82, 2.24) is 5.43 Å². The molecule has 0 bridgehead atoms. The molecule has 0 aliphatic rings. The van der Waals surface area contributed by atoms with Crippen molar-refractivity contribution in [2.75, 3.05) is 10.3 Å². The second-order valence-corrected chi connectivity index (χ2v) is 4.36. The Morgan fingerprint density at radius 2 is 1.65 bits per heavy atom.